The molecule has 23 heavy (non-hydrogen) atoms. The maximum Gasteiger partial charge on any atom is 0.308 e. The Bertz CT molecular complexity index is 625. The first kappa shape index (κ1) is 19.3. The highest BCUT2D eigenvalue weighted by Gasteiger charge is 2.26. The molecule has 0 aromatic carbocycles. The molecule has 0 spiro atoms. The molecule has 1 saturated heterocycles. The zero-order valence-electron chi connectivity index (χ0n) is 12.2. The van der Waals surface area contributed by atoms with Crippen molar-refractivity contribution in [2.75, 3.05) is 25.1 Å². The molecule has 10 heteroatoms. The highest BCUT2D eigenvalue weighted by Crippen LogP contribution is 2.28. The van der Waals surface area contributed by atoms with E-state index in [1.807, 2.05) is 10.8 Å². The molecule has 2 aromatic rings. The minimum absolute atomic E-state index is 0.0599. The lowest BCUT2D eigenvalue weighted by molar-refractivity contribution is -0.146. The number of halogens is 3. The average molecular weight is 548 g/mol. The van der Waals surface area contributed by atoms with Crippen molar-refractivity contribution in [1.82, 2.24) is 9.97 Å². The number of nitrogens with zero attached hydrogens (tertiary/aromatic N) is 3. The lowest BCUT2D eigenvalue weighted by Gasteiger charge is -2.30. The molecule has 1 fully saturated rings. The van der Waals surface area contributed by atoms with Crippen molar-refractivity contribution < 1.29 is 9.53 Å². The van der Waals surface area contributed by atoms with Gasteiger partial charge in [-0.05, 0) is 60.6 Å². The van der Waals surface area contributed by atoms with Crippen LogP contribution in [0.3, 0.4) is 0 Å². The van der Waals surface area contributed by atoms with Gasteiger partial charge in [-0.3, -0.25) is 4.79 Å². The molecule has 0 atom stereocenters. The summed E-state index contributed by atoms with van der Waals surface area (Å²) in [6, 6.07) is 0. The number of rotatable bonds is 2. The average Bonchev–Trinajstić information content (AvgIpc) is 3.15. The zero-order chi connectivity index (χ0) is 16.8. The van der Waals surface area contributed by atoms with Gasteiger partial charge < -0.3 is 9.64 Å². The van der Waals surface area contributed by atoms with Gasteiger partial charge in [-0.25, -0.2) is 9.97 Å². The van der Waals surface area contributed by atoms with Crippen LogP contribution in [0.15, 0.2) is 23.9 Å². The van der Waals surface area contributed by atoms with Crippen molar-refractivity contribution in [2.24, 2.45) is 5.92 Å². The molecule has 0 unspecified atom stereocenters. The molecular formula is C13H14Br3N3O2S2. The van der Waals surface area contributed by atoms with E-state index in [4.69, 9.17) is 4.74 Å². The summed E-state index contributed by atoms with van der Waals surface area (Å²) in [6.45, 7) is 1.75. The molecular weight excluding hydrogens is 534 g/mol. The molecule has 126 valence electrons. The highest BCUT2D eigenvalue weighted by molar-refractivity contribution is 9.11. The number of carbonyl (C=O) groups excluding carboxylic acids is 1. The van der Waals surface area contributed by atoms with Gasteiger partial charge in [-0.15, -0.1) is 22.7 Å². The molecule has 5 nitrogen and oxygen atoms in total. The monoisotopic (exact) mass is 545 g/mol. The third-order valence-corrected chi connectivity index (χ3v) is 6.90. The van der Waals surface area contributed by atoms with Crippen molar-refractivity contribution in [3.05, 3.63) is 23.9 Å². The van der Waals surface area contributed by atoms with Gasteiger partial charge in [0.2, 0.25) is 0 Å². The minimum atomic E-state index is -0.0834. The molecule has 1 aliphatic heterocycles. The van der Waals surface area contributed by atoms with Crippen LogP contribution in [-0.4, -0.2) is 36.1 Å². The molecule has 0 radical (unpaired) electrons. The highest BCUT2D eigenvalue weighted by atomic mass is 79.9. The fourth-order valence-electron chi connectivity index (χ4n) is 2.10. The lowest BCUT2D eigenvalue weighted by atomic mass is 9.97. The minimum Gasteiger partial charge on any atom is -0.469 e. The van der Waals surface area contributed by atoms with Crippen molar-refractivity contribution in [3.8, 4) is 0 Å². The summed E-state index contributed by atoms with van der Waals surface area (Å²) in [6.07, 6.45) is 1.70. The number of aromatic nitrogens is 2. The van der Waals surface area contributed by atoms with E-state index in [2.05, 4.69) is 62.7 Å². The van der Waals surface area contributed by atoms with Gasteiger partial charge in [0.1, 0.15) is 9.21 Å². The first-order valence-electron chi connectivity index (χ1n) is 6.70. The zero-order valence-corrected chi connectivity index (χ0v) is 18.6. The Kier molecular flexibility index (Phi) is 7.93. The van der Waals surface area contributed by atoms with Crippen LogP contribution in [-0.2, 0) is 9.53 Å². The number of piperidine rings is 1. The van der Waals surface area contributed by atoms with Crippen LogP contribution in [0.2, 0.25) is 0 Å². The summed E-state index contributed by atoms with van der Waals surface area (Å²) in [5.41, 5.74) is 0. The molecule has 0 aliphatic carbocycles. The van der Waals surface area contributed by atoms with Crippen molar-refractivity contribution >= 4 is 81.6 Å². The first-order chi connectivity index (χ1) is 11.0. The summed E-state index contributed by atoms with van der Waals surface area (Å²) >= 11 is 12.9. The van der Waals surface area contributed by atoms with E-state index in [9.17, 15) is 4.79 Å². The number of ether oxygens (including phenoxy) is 1. The van der Waals surface area contributed by atoms with Gasteiger partial charge in [-0.2, -0.15) is 0 Å². The Balaban J connectivity index is 0.000000229. The summed E-state index contributed by atoms with van der Waals surface area (Å²) < 4.78 is 7.44. The van der Waals surface area contributed by atoms with E-state index < -0.39 is 0 Å². The van der Waals surface area contributed by atoms with Gasteiger partial charge in [0.05, 0.1) is 13.0 Å². The smallest absolute Gasteiger partial charge is 0.308 e. The Morgan fingerprint density at radius 1 is 1.17 bits per heavy atom. The van der Waals surface area contributed by atoms with E-state index in [-0.39, 0.29) is 11.9 Å². The number of carbonyl (C=O) groups is 1. The summed E-state index contributed by atoms with van der Waals surface area (Å²) in [4.78, 5) is 21.9. The number of anilines is 1. The van der Waals surface area contributed by atoms with E-state index in [1.165, 1.54) is 7.11 Å². The van der Waals surface area contributed by atoms with Crippen molar-refractivity contribution in [1.29, 1.82) is 0 Å². The van der Waals surface area contributed by atoms with E-state index >= 15 is 0 Å². The SMILES string of the molecule is Brc1csc(Br)n1.COC(=O)C1CCN(c2nc(Br)cs2)CC1. The molecule has 2 aromatic heterocycles. The molecule has 0 N–H and O–H groups in total. The van der Waals surface area contributed by atoms with Crippen LogP contribution in [0.4, 0.5) is 5.13 Å². The summed E-state index contributed by atoms with van der Waals surface area (Å²) in [7, 11) is 1.45. The second kappa shape index (κ2) is 9.45. The topological polar surface area (TPSA) is 55.3 Å². The Morgan fingerprint density at radius 3 is 2.17 bits per heavy atom. The number of methoxy groups -OCH3 is 1. The number of thiazole rings is 2. The first-order valence-corrected chi connectivity index (χ1v) is 10.8. The summed E-state index contributed by atoms with van der Waals surface area (Å²) in [5.74, 6) is -0.0235. The maximum absolute atomic E-state index is 11.4. The van der Waals surface area contributed by atoms with Crippen molar-refractivity contribution in [3.63, 3.8) is 0 Å². The van der Waals surface area contributed by atoms with Crippen molar-refractivity contribution in [2.45, 2.75) is 12.8 Å². The van der Waals surface area contributed by atoms with E-state index in [0.717, 1.165) is 44.2 Å². The molecule has 0 amide bonds. The van der Waals surface area contributed by atoms with E-state index in [1.54, 1.807) is 22.7 Å². The second-order valence-corrected chi connectivity index (χ2v) is 9.26. The van der Waals surface area contributed by atoms with Crippen LogP contribution in [0.5, 0.6) is 0 Å². The maximum atomic E-state index is 11.4. The standard InChI is InChI=1S/C10H13BrN2O2S.C3HBr2NS/c1-15-9(14)7-2-4-13(5-3-7)10-12-8(11)6-16-10;4-2-1-7-3(5)6-2/h6-7H,2-5H2,1H3;1H. The Morgan fingerprint density at radius 2 is 1.78 bits per heavy atom. The van der Waals surface area contributed by atoms with Crippen LogP contribution < -0.4 is 4.90 Å². The quantitative estimate of drug-likeness (QED) is 0.497. The fourth-order valence-corrected chi connectivity index (χ4v) is 5.08. The third-order valence-electron chi connectivity index (χ3n) is 3.21. The predicted octanol–water partition coefficient (Wildman–Crippen LogP) is 4.96. The molecule has 0 bridgehead atoms. The molecule has 3 heterocycles. The molecule has 0 saturated carbocycles. The lowest BCUT2D eigenvalue weighted by Crippen LogP contribution is -2.36. The summed E-state index contributed by atoms with van der Waals surface area (Å²) in [5, 5.41) is 4.92. The van der Waals surface area contributed by atoms with Gasteiger partial charge in [0, 0.05) is 23.8 Å². The normalized spacial score (nSPS) is 15.0. The Hall–Kier alpha value is -0.0300. The van der Waals surface area contributed by atoms with E-state index in [0.29, 0.717) is 0 Å². The Labute approximate surface area is 167 Å². The van der Waals surface area contributed by atoms with Crippen LogP contribution in [0, 0.1) is 5.92 Å². The van der Waals surface area contributed by atoms with Crippen LogP contribution in [0.1, 0.15) is 12.8 Å². The van der Waals surface area contributed by atoms with Gasteiger partial charge in [0.15, 0.2) is 9.05 Å². The number of hydrogen-bond acceptors (Lipinski definition) is 7. The number of esters is 1. The molecule has 3 rings (SSSR count). The van der Waals surface area contributed by atoms with Gasteiger partial charge >= 0.3 is 5.97 Å². The largest absolute Gasteiger partial charge is 0.469 e. The molecule has 1 aliphatic rings. The second-order valence-electron chi connectivity index (χ2n) is 4.66. The predicted molar refractivity (Wildman–Crippen MR) is 104 cm³/mol. The van der Waals surface area contributed by atoms with Gasteiger partial charge in [0.25, 0.3) is 0 Å². The number of hydrogen-bond donors (Lipinski definition) is 0. The van der Waals surface area contributed by atoms with Gasteiger partial charge in [-0.1, -0.05) is 0 Å². The van der Waals surface area contributed by atoms with Crippen LogP contribution >= 0.6 is 70.5 Å². The van der Waals surface area contributed by atoms with Crippen LogP contribution in [0.25, 0.3) is 0 Å². The third kappa shape index (κ3) is 6.08. The fraction of sp³-hybridized carbons (Fsp3) is 0.462.